The number of hydrogen-bond donors (Lipinski definition) is 0. The van der Waals surface area contributed by atoms with E-state index in [1.54, 1.807) is 0 Å². The van der Waals surface area contributed by atoms with Crippen molar-refractivity contribution in [2.24, 2.45) is 0 Å². The second kappa shape index (κ2) is 8.06. The summed E-state index contributed by atoms with van der Waals surface area (Å²) < 4.78 is 8.77. The predicted octanol–water partition coefficient (Wildman–Crippen LogP) is 9.46. The molecule has 180 valence electrons. The minimum atomic E-state index is 0.875. The largest absolute Gasteiger partial charge is 0.455 e. The molecule has 0 aliphatic rings. The Hall–Kier alpha value is -4.89. The lowest BCUT2D eigenvalue weighted by atomic mass is 9.93. The molecule has 2 heterocycles. The van der Waals surface area contributed by atoms with Gasteiger partial charge in [-0.05, 0) is 69.6 Å². The van der Waals surface area contributed by atoms with Crippen LogP contribution in [0.1, 0.15) is 12.7 Å². The van der Waals surface area contributed by atoms with Crippen molar-refractivity contribution in [3.05, 3.63) is 121 Å². The Kier molecular flexibility index (Phi) is 4.50. The van der Waals surface area contributed by atoms with Crippen molar-refractivity contribution in [3.63, 3.8) is 0 Å². The van der Waals surface area contributed by atoms with Gasteiger partial charge in [0.1, 0.15) is 17.0 Å². The van der Waals surface area contributed by atoms with Crippen LogP contribution in [0.5, 0.6) is 0 Å². The van der Waals surface area contributed by atoms with Crippen molar-refractivity contribution < 1.29 is 4.42 Å². The Morgan fingerprint density at radius 2 is 1.42 bits per heavy atom. The molecule has 0 bridgehead atoms. The van der Waals surface area contributed by atoms with Crippen molar-refractivity contribution in [1.82, 2.24) is 9.55 Å². The molecular formula is C35H24N2O. The van der Waals surface area contributed by atoms with Crippen LogP contribution < -0.4 is 0 Å². The topological polar surface area (TPSA) is 31.0 Å². The molecule has 0 unspecified atom stereocenters. The summed E-state index contributed by atoms with van der Waals surface area (Å²) >= 11 is 0. The molecule has 0 spiro atoms. The van der Waals surface area contributed by atoms with E-state index < -0.39 is 0 Å². The van der Waals surface area contributed by atoms with Crippen molar-refractivity contribution >= 4 is 54.5 Å². The molecular weight excluding hydrogens is 464 g/mol. The normalized spacial score (nSPS) is 11.9. The van der Waals surface area contributed by atoms with Crippen LogP contribution in [0.2, 0.25) is 0 Å². The van der Waals surface area contributed by atoms with Crippen LogP contribution in [0.25, 0.3) is 71.3 Å². The van der Waals surface area contributed by atoms with Crippen LogP contribution in [-0.2, 0) is 6.42 Å². The lowest BCUT2D eigenvalue weighted by molar-refractivity contribution is 0.670. The first-order chi connectivity index (χ1) is 18.8. The number of nitrogens with zero attached hydrogens (tertiary/aromatic N) is 2. The molecule has 0 aliphatic carbocycles. The van der Waals surface area contributed by atoms with E-state index in [1.807, 2.05) is 12.1 Å². The minimum absolute atomic E-state index is 0.875. The minimum Gasteiger partial charge on any atom is -0.455 e. The predicted molar refractivity (Wildman–Crippen MR) is 158 cm³/mol. The molecule has 3 nitrogen and oxygen atoms in total. The summed E-state index contributed by atoms with van der Waals surface area (Å²) in [6, 6.07) is 41.0. The van der Waals surface area contributed by atoms with Crippen LogP contribution in [0.3, 0.4) is 0 Å². The zero-order valence-corrected chi connectivity index (χ0v) is 21.0. The highest BCUT2D eigenvalue weighted by Gasteiger charge is 2.17. The van der Waals surface area contributed by atoms with Crippen LogP contribution in [-0.4, -0.2) is 9.55 Å². The van der Waals surface area contributed by atoms with Gasteiger partial charge >= 0.3 is 0 Å². The number of rotatable bonds is 3. The molecule has 0 radical (unpaired) electrons. The van der Waals surface area contributed by atoms with E-state index in [2.05, 4.69) is 115 Å². The fourth-order valence-electron chi connectivity index (χ4n) is 5.94. The molecule has 6 aromatic carbocycles. The summed E-state index contributed by atoms with van der Waals surface area (Å²) in [5.41, 5.74) is 7.49. The number of aryl methyl sites for hydroxylation is 1. The van der Waals surface area contributed by atoms with E-state index in [0.29, 0.717) is 0 Å². The Bertz CT molecular complexity index is 2180. The molecule has 8 rings (SSSR count). The first-order valence-electron chi connectivity index (χ1n) is 13.1. The number of furan rings is 1. The van der Waals surface area contributed by atoms with Gasteiger partial charge in [-0.15, -0.1) is 0 Å². The maximum absolute atomic E-state index is 6.48. The molecule has 0 N–H and O–H groups in total. The molecule has 0 fully saturated rings. The van der Waals surface area contributed by atoms with Gasteiger partial charge in [-0.25, -0.2) is 4.98 Å². The van der Waals surface area contributed by atoms with E-state index in [0.717, 1.165) is 62.0 Å². The third-order valence-electron chi connectivity index (χ3n) is 7.71. The number of para-hydroxylation sites is 3. The number of hydrogen-bond acceptors (Lipinski definition) is 2. The maximum Gasteiger partial charge on any atom is 0.143 e. The van der Waals surface area contributed by atoms with Gasteiger partial charge in [0.25, 0.3) is 0 Å². The van der Waals surface area contributed by atoms with Crippen molar-refractivity contribution in [1.29, 1.82) is 0 Å². The van der Waals surface area contributed by atoms with Gasteiger partial charge < -0.3 is 4.42 Å². The van der Waals surface area contributed by atoms with Crippen LogP contribution in [0, 0.1) is 0 Å². The number of benzene rings is 6. The van der Waals surface area contributed by atoms with E-state index in [4.69, 9.17) is 9.40 Å². The Labute approximate surface area is 219 Å². The molecule has 38 heavy (non-hydrogen) atoms. The SMILES string of the molecule is CCc1nc2ccccc2n1-c1ccc2cc(-c3c4ccccc4cc4c3oc3ccccc34)ccc2c1. The average Bonchev–Trinajstić information content (AvgIpc) is 3.53. The van der Waals surface area contributed by atoms with Gasteiger partial charge in [0, 0.05) is 28.4 Å². The quantitative estimate of drug-likeness (QED) is 0.248. The number of aromatic nitrogens is 2. The van der Waals surface area contributed by atoms with Crippen LogP contribution >= 0.6 is 0 Å². The van der Waals surface area contributed by atoms with Crippen LogP contribution in [0.4, 0.5) is 0 Å². The summed E-state index contributed by atoms with van der Waals surface area (Å²) in [7, 11) is 0. The fraction of sp³-hybridized carbons (Fsp3) is 0.0571. The third-order valence-corrected chi connectivity index (χ3v) is 7.71. The number of imidazole rings is 1. The fourth-order valence-corrected chi connectivity index (χ4v) is 5.94. The number of fused-ring (bicyclic) bond motifs is 6. The second-order valence-corrected chi connectivity index (χ2v) is 9.90. The first-order valence-corrected chi connectivity index (χ1v) is 13.1. The molecule has 0 amide bonds. The molecule has 2 aromatic heterocycles. The highest BCUT2D eigenvalue weighted by Crippen LogP contribution is 2.41. The lowest BCUT2D eigenvalue weighted by Crippen LogP contribution is -1.99. The Morgan fingerprint density at radius 1 is 0.658 bits per heavy atom. The summed E-state index contributed by atoms with van der Waals surface area (Å²) in [6.07, 6.45) is 0.875. The second-order valence-electron chi connectivity index (χ2n) is 9.90. The lowest BCUT2D eigenvalue weighted by Gasteiger charge is -2.12. The Morgan fingerprint density at radius 3 is 2.34 bits per heavy atom. The van der Waals surface area contributed by atoms with Gasteiger partial charge in [0.2, 0.25) is 0 Å². The zero-order valence-electron chi connectivity index (χ0n) is 21.0. The van der Waals surface area contributed by atoms with Gasteiger partial charge in [0.15, 0.2) is 0 Å². The summed E-state index contributed by atoms with van der Waals surface area (Å²) in [6.45, 7) is 2.16. The van der Waals surface area contributed by atoms with E-state index in [1.165, 1.54) is 21.5 Å². The molecule has 0 atom stereocenters. The summed E-state index contributed by atoms with van der Waals surface area (Å²) in [4.78, 5) is 4.87. The third kappa shape index (κ3) is 3.05. The maximum atomic E-state index is 6.48. The van der Waals surface area contributed by atoms with E-state index >= 15 is 0 Å². The monoisotopic (exact) mass is 488 g/mol. The zero-order chi connectivity index (χ0) is 25.2. The van der Waals surface area contributed by atoms with E-state index in [-0.39, 0.29) is 0 Å². The molecule has 3 heteroatoms. The standard InChI is InChI=1S/C35H24N2O/c1-2-33-36-30-12-6-7-13-31(30)37(33)26-18-17-22-19-25(16-15-23(22)20-26)34-27-10-4-3-9-24(27)21-29-28-11-5-8-14-32(28)38-35(29)34/h3-21H,2H2,1H3. The van der Waals surface area contributed by atoms with Gasteiger partial charge in [-0.3, -0.25) is 4.57 Å². The van der Waals surface area contributed by atoms with Crippen molar-refractivity contribution in [2.75, 3.05) is 0 Å². The van der Waals surface area contributed by atoms with Crippen molar-refractivity contribution in [2.45, 2.75) is 13.3 Å². The summed E-state index contributed by atoms with van der Waals surface area (Å²) in [5, 5.41) is 7.13. The van der Waals surface area contributed by atoms with E-state index in [9.17, 15) is 0 Å². The molecule has 8 aromatic rings. The van der Waals surface area contributed by atoms with Crippen LogP contribution in [0.15, 0.2) is 120 Å². The van der Waals surface area contributed by atoms with Gasteiger partial charge in [-0.1, -0.05) is 79.7 Å². The van der Waals surface area contributed by atoms with Gasteiger partial charge in [-0.2, -0.15) is 0 Å². The summed E-state index contributed by atoms with van der Waals surface area (Å²) in [5.74, 6) is 1.07. The highest BCUT2D eigenvalue weighted by molar-refractivity contribution is 6.18. The smallest absolute Gasteiger partial charge is 0.143 e. The van der Waals surface area contributed by atoms with Crippen molar-refractivity contribution in [3.8, 4) is 16.8 Å². The molecule has 0 aliphatic heterocycles. The average molecular weight is 489 g/mol. The van der Waals surface area contributed by atoms with Gasteiger partial charge in [0.05, 0.1) is 11.0 Å². The highest BCUT2D eigenvalue weighted by atomic mass is 16.3. The molecule has 0 saturated carbocycles. The first kappa shape index (κ1) is 21.2. The Balaban J connectivity index is 1.35. The molecule has 0 saturated heterocycles.